The fraction of sp³-hybridized carbons (Fsp3) is 0.500. The molecule has 1 aromatic rings. The highest BCUT2D eigenvalue weighted by Gasteiger charge is 2.41. The van der Waals surface area contributed by atoms with Crippen molar-refractivity contribution in [2.45, 2.75) is 31.7 Å². The van der Waals surface area contributed by atoms with E-state index in [4.69, 9.17) is 0 Å². The topological polar surface area (TPSA) is 92.1 Å². The summed E-state index contributed by atoms with van der Waals surface area (Å²) in [6.07, 6.45) is 3.67. The summed E-state index contributed by atoms with van der Waals surface area (Å²) in [6, 6.07) is 2.68. The number of aromatic nitrogens is 1. The number of rotatable bonds is 1. The fourth-order valence-electron chi connectivity index (χ4n) is 3.41. The van der Waals surface area contributed by atoms with Crippen molar-refractivity contribution in [3.05, 3.63) is 24.0 Å². The zero-order valence-electron chi connectivity index (χ0n) is 12.4. The van der Waals surface area contributed by atoms with E-state index < -0.39 is 22.2 Å². The summed E-state index contributed by atoms with van der Waals surface area (Å²) in [7, 11) is -3.99. The highest BCUT2D eigenvalue weighted by Crippen LogP contribution is 2.30. The van der Waals surface area contributed by atoms with Crippen LogP contribution in [-0.2, 0) is 15.0 Å². The van der Waals surface area contributed by atoms with Gasteiger partial charge in [-0.05, 0) is 25.0 Å². The third-order valence-electron chi connectivity index (χ3n) is 4.57. The second kappa shape index (κ2) is 4.92. The van der Waals surface area contributed by atoms with E-state index in [1.807, 2.05) is 4.90 Å². The minimum absolute atomic E-state index is 0.0149. The first-order chi connectivity index (χ1) is 11.0. The predicted molar refractivity (Wildman–Crippen MR) is 81.0 cm³/mol. The molecule has 8 nitrogen and oxygen atoms in total. The molecule has 3 aliphatic rings. The van der Waals surface area contributed by atoms with Gasteiger partial charge in [-0.25, -0.2) is 0 Å². The lowest BCUT2D eigenvalue weighted by atomic mass is 10.0. The SMILES string of the molecule is O=C1CCC(C(=O)N2CN3CCCC3=NS2(=O)=O)n2cccc21. The lowest BCUT2D eigenvalue weighted by Gasteiger charge is -2.34. The van der Waals surface area contributed by atoms with E-state index in [0.717, 1.165) is 10.7 Å². The van der Waals surface area contributed by atoms with Crippen LogP contribution in [0, 0.1) is 0 Å². The third kappa shape index (κ3) is 2.18. The number of carbonyl (C=O) groups is 2. The number of amidine groups is 1. The quantitative estimate of drug-likeness (QED) is 0.746. The monoisotopic (exact) mass is 336 g/mol. The van der Waals surface area contributed by atoms with Crippen LogP contribution in [0.1, 0.15) is 42.2 Å². The van der Waals surface area contributed by atoms with Crippen molar-refractivity contribution in [1.29, 1.82) is 0 Å². The van der Waals surface area contributed by atoms with Gasteiger partial charge in [-0.2, -0.15) is 12.7 Å². The molecule has 23 heavy (non-hydrogen) atoms. The number of fused-ring (bicyclic) bond motifs is 2. The summed E-state index contributed by atoms with van der Waals surface area (Å²) in [4.78, 5) is 26.5. The molecule has 1 unspecified atom stereocenters. The van der Waals surface area contributed by atoms with Crippen LogP contribution in [0.3, 0.4) is 0 Å². The summed E-state index contributed by atoms with van der Waals surface area (Å²) in [5.74, 6) is -0.0143. The van der Waals surface area contributed by atoms with Crippen LogP contribution in [-0.4, -0.2) is 52.9 Å². The maximum atomic E-state index is 12.8. The molecule has 0 radical (unpaired) electrons. The van der Waals surface area contributed by atoms with Crippen LogP contribution >= 0.6 is 0 Å². The first-order valence-corrected chi connectivity index (χ1v) is 8.97. The van der Waals surface area contributed by atoms with Crippen molar-refractivity contribution < 1.29 is 18.0 Å². The molecule has 1 fully saturated rings. The molecule has 1 aromatic heterocycles. The van der Waals surface area contributed by atoms with Crippen LogP contribution in [0.4, 0.5) is 0 Å². The standard InChI is InChI=1S/C14H16N4O4S/c19-12-6-5-11(17-8-1-3-10(12)17)14(20)18-9-16-7-2-4-13(16)15-23(18,21)22/h1,3,8,11H,2,4-7,9H2. The number of carbonyl (C=O) groups excluding carboxylic acids is 2. The van der Waals surface area contributed by atoms with Gasteiger partial charge in [0.1, 0.15) is 18.5 Å². The lowest BCUT2D eigenvalue weighted by molar-refractivity contribution is -0.131. The van der Waals surface area contributed by atoms with Crippen LogP contribution in [0.15, 0.2) is 22.7 Å². The molecule has 4 rings (SSSR count). The Morgan fingerprint density at radius 2 is 2.13 bits per heavy atom. The number of Topliss-reactive ketones (excluding diaryl/α,β-unsaturated/α-hetero) is 1. The largest absolute Gasteiger partial charge is 0.350 e. The van der Waals surface area contributed by atoms with E-state index in [1.54, 1.807) is 22.9 Å². The second-order valence-electron chi connectivity index (χ2n) is 5.96. The number of nitrogens with zero attached hydrogens (tertiary/aromatic N) is 4. The van der Waals surface area contributed by atoms with Crippen LogP contribution in [0.2, 0.25) is 0 Å². The summed E-state index contributed by atoms with van der Waals surface area (Å²) in [6.45, 7) is 0.719. The zero-order chi connectivity index (χ0) is 16.2. The smallest absolute Gasteiger partial charge is 0.340 e. The maximum absolute atomic E-state index is 12.8. The Kier molecular flexibility index (Phi) is 3.09. The van der Waals surface area contributed by atoms with E-state index in [1.165, 1.54) is 0 Å². The van der Waals surface area contributed by atoms with E-state index >= 15 is 0 Å². The van der Waals surface area contributed by atoms with Crippen molar-refractivity contribution in [2.24, 2.45) is 4.40 Å². The highest BCUT2D eigenvalue weighted by atomic mass is 32.2. The van der Waals surface area contributed by atoms with Gasteiger partial charge < -0.3 is 9.47 Å². The summed E-state index contributed by atoms with van der Waals surface area (Å²) >= 11 is 0. The molecule has 0 aromatic carbocycles. The summed E-state index contributed by atoms with van der Waals surface area (Å²) in [5.41, 5.74) is 0.453. The number of hydrogen-bond donors (Lipinski definition) is 0. The van der Waals surface area contributed by atoms with Crippen LogP contribution < -0.4 is 0 Å². The van der Waals surface area contributed by atoms with Gasteiger partial charge in [0.15, 0.2) is 5.78 Å². The Morgan fingerprint density at radius 1 is 1.30 bits per heavy atom. The minimum Gasteiger partial charge on any atom is -0.340 e. The number of hydrogen-bond acceptors (Lipinski definition) is 5. The molecule has 4 heterocycles. The van der Waals surface area contributed by atoms with E-state index in [9.17, 15) is 18.0 Å². The maximum Gasteiger partial charge on any atom is 0.350 e. The molecule has 0 N–H and O–H groups in total. The Bertz CT molecular complexity index is 826. The average molecular weight is 336 g/mol. The summed E-state index contributed by atoms with van der Waals surface area (Å²) in [5, 5.41) is 0. The van der Waals surface area contributed by atoms with E-state index in [2.05, 4.69) is 4.40 Å². The van der Waals surface area contributed by atoms with Crippen molar-refractivity contribution in [2.75, 3.05) is 13.2 Å². The minimum atomic E-state index is -3.99. The first-order valence-electron chi connectivity index (χ1n) is 7.58. The first kappa shape index (κ1) is 14.4. The third-order valence-corrected chi connectivity index (χ3v) is 5.86. The molecule has 0 saturated carbocycles. The molecular weight excluding hydrogens is 320 g/mol. The Morgan fingerprint density at radius 3 is 2.96 bits per heavy atom. The van der Waals surface area contributed by atoms with Gasteiger partial charge in [0.2, 0.25) is 0 Å². The van der Waals surface area contributed by atoms with Crippen molar-refractivity contribution in [3.63, 3.8) is 0 Å². The molecule has 3 aliphatic heterocycles. The second-order valence-corrected chi connectivity index (χ2v) is 7.48. The van der Waals surface area contributed by atoms with E-state index in [0.29, 0.717) is 30.9 Å². The fourth-order valence-corrected chi connectivity index (χ4v) is 4.62. The molecule has 0 aliphatic carbocycles. The van der Waals surface area contributed by atoms with Gasteiger partial charge in [0.25, 0.3) is 5.91 Å². The van der Waals surface area contributed by atoms with Gasteiger partial charge >= 0.3 is 10.2 Å². The van der Waals surface area contributed by atoms with E-state index in [-0.39, 0.29) is 18.9 Å². The van der Waals surface area contributed by atoms with Crippen molar-refractivity contribution in [3.8, 4) is 0 Å². The normalized spacial score (nSPS) is 25.8. The van der Waals surface area contributed by atoms with Crippen molar-refractivity contribution in [1.82, 2.24) is 13.8 Å². The molecule has 0 spiro atoms. The molecule has 1 amide bonds. The highest BCUT2D eigenvalue weighted by molar-refractivity contribution is 7.88. The zero-order valence-corrected chi connectivity index (χ0v) is 13.2. The van der Waals surface area contributed by atoms with Crippen LogP contribution in [0.25, 0.3) is 0 Å². The molecule has 1 atom stereocenters. The lowest BCUT2D eigenvalue weighted by Crippen LogP contribution is -2.51. The van der Waals surface area contributed by atoms with Gasteiger partial charge in [-0.1, -0.05) is 0 Å². The van der Waals surface area contributed by atoms with Gasteiger partial charge in [0.05, 0.1) is 5.69 Å². The molecule has 9 heteroatoms. The molecular formula is C14H16N4O4S. The average Bonchev–Trinajstić information content (AvgIpc) is 3.14. The van der Waals surface area contributed by atoms with Crippen molar-refractivity contribution >= 4 is 27.7 Å². The Labute approximate surface area is 133 Å². The van der Waals surface area contributed by atoms with Gasteiger partial charge in [0, 0.05) is 25.6 Å². The molecule has 0 bridgehead atoms. The van der Waals surface area contributed by atoms with Gasteiger partial charge in [-0.15, -0.1) is 4.40 Å². The number of amides is 1. The summed E-state index contributed by atoms with van der Waals surface area (Å²) < 4.78 is 30.9. The van der Waals surface area contributed by atoms with Crippen LogP contribution in [0.5, 0.6) is 0 Å². The number of ketones is 1. The molecule has 122 valence electrons. The van der Waals surface area contributed by atoms with Gasteiger partial charge in [-0.3, -0.25) is 9.59 Å². The Balaban J connectivity index is 1.68. The molecule has 1 saturated heterocycles. The Hall–Kier alpha value is -2.16. The predicted octanol–water partition coefficient (Wildman–Crippen LogP) is 0.544.